The van der Waals surface area contributed by atoms with Crippen molar-refractivity contribution < 1.29 is 35.5 Å². The van der Waals surface area contributed by atoms with Gasteiger partial charge in [-0.2, -0.15) is 10.2 Å². The Morgan fingerprint density at radius 1 is 0.542 bits per heavy atom. The van der Waals surface area contributed by atoms with E-state index in [9.17, 15) is 35.5 Å². The lowest BCUT2D eigenvalue weighted by molar-refractivity contribution is -0.109. The van der Waals surface area contributed by atoms with Crippen LogP contribution in [-0.2, 0) is 29.8 Å². The quantitative estimate of drug-likeness (QED) is 0.152. The second-order valence-electron chi connectivity index (χ2n) is 10.5. The van der Waals surface area contributed by atoms with E-state index in [0.29, 0.717) is 11.1 Å². The molecule has 2 N–H and O–H groups in total. The van der Waals surface area contributed by atoms with Crippen molar-refractivity contribution in [3.05, 3.63) is 130 Å². The van der Waals surface area contributed by atoms with Crippen molar-refractivity contribution in [2.24, 2.45) is 10.2 Å². The van der Waals surface area contributed by atoms with E-state index in [-0.39, 0.29) is 45.5 Å². The number of anilines is 2. The fourth-order valence-corrected chi connectivity index (χ4v) is 6.43. The van der Waals surface area contributed by atoms with Crippen LogP contribution in [-0.4, -0.2) is 48.9 Å². The van der Waals surface area contributed by atoms with Crippen LogP contribution in [0.2, 0.25) is 0 Å². The predicted octanol–water partition coefficient (Wildman–Crippen LogP) is 4.49. The summed E-state index contributed by atoms with van der Waals surface area (Å²) >= 11 is 0. The first-order valence-corrected chi connectivity index (χ1v) is 16.9. The molecule has 12 nitrogen and oxygen atoms in total. The van der Waals surface area contributed by atoms with E-state index in [1.165, 1.54) is 48.6 Å². The fourth-order valence-electron chi connectivity index (χ4n) is 5.04. The van der Waals surface area contributed by atoms with E-state index in [0.717, 1.165) is 23.3 Å². The zero-order valence-corrected chi connectivity index (χ0v) is 26.2. The van der Waals surface area contributed by atoms with Crippen molar-refractivity contribution in [1.29, 1.82) is 0 Å². The van der Waals surface area contributed by atoms with E-state index < -0.39 is 30.0 Å². The van der Waals surface area contributed by atoms with Gasteiger partial charge in [0, 0.05) is 11.1 Å². The van der Waals surface area contributed by atoms with Crippen LogP contribution in [0.5, 0.6) is 0 Å². The summed E-state index contributed by atoms with van der Waals surface area (Å²) in [4.78, 5) is 23.6. The van der Waals surface area contributed by atoms with Gasteiger partial charge in [0.15, 0.2) is 0 Å². The maximum absolute atomic E-state index is 12.5. The molecular weight excluding hydrogens is 657 g/mol. The summed E-state index contributed by atoms with van der Waals surface area (Å²) in [5.41, 5.74) is 8.05. The van der Waals surface area contributed by atoms with Crippen LogP contribution < -0.4 is 10.9 Å². The summed E-state index contributed by atoms with van der Waals surface area (Å²) in [5, 5.41) is 8.28. The van der Waals surface area contributed by atoms with Crippen molar-refractivity contribution in [2.45, 2.75) is 9.79 Å². The lowest BCUT2D eigenvalue weighted by Gasteiger charge is -2.15. The van der Waals surface area contributed by atoms with Gasteiger partial charge in [0.05, 0.1) is 21.2 Å². The highest BCUT2D eigenvalue weighted by Crippen LogP contribution is 2.27. The van der Waals surface area contributed by atoms with Gasteiger partial charge < -0.3 is 9.11 Å². The van der Waals surface area contributed by atoms with E-state index in [4.69, 9.17) is 0 Å². The topological polar surface area (TPSA) is 197 Å². The molecule has 240 valence electrons. The number of allylic oxidation sites excluding steroid dienone is 2. The summed E-state index contributed by atoms with van der Waals surface area (Å²) in [6.45, 7) is 0. The summed E-state index contributed by atoms with van der Waals surface area (Å²) in [5.74, 6) is -0.750. The zero-order chi connectivity index (χ0) is 34.1. The zero-order valence-electron chi connectivity index (χ0n) is 24.5. The Morgan fingerprint density at radius 2 is 0.938 bits per heavy atom. The standard InChI is InChI=1S/C34H24N4O8S2/c39-29-17-13-21-5-1-3-7-27(21)33(29)37-35-25-15-11-23(31(19-25)47(41,42)43)9-10-24-12-16-26(20-32(24)48(44,45)46)36-38-34-28-8-4-2-6-22(28)14-18-30(34)40/h1-20,35-36H,(H,41,42,43)(H,44,45,46)/p-2. The number of hydrazone groups is 2. The molecule has 0 heterocycles. The summed E-state index contributed by atoms with van der Waals surface area (Å²) in [6, 6.07) is 21.5. The molecule has 0 fully saturated rings. The average molecular weight is 679 g/mol. The third kappa shape index (κ3) is 6.82. The number of hydrogen-bond donors (Lipinski definition) is 2. The molecule has 2 aliphatic carbocycles. The first kappa shape index (κ1) is 32.2. The minimum absolute atomic E-state index is 0.0864. The normalized spacial score (nSPS) is 16.0. The molecule has 0 radical (unpaired) electrons. The Bertz CT molecular complexity index is 2230. The van der Waals surface area contributed by atoms with E-state index in [1.54, 1.807) is 60.7 Å². The van der Waals surface area contributed by atoms with Crippen LogP contribution >= 0.6 is 0 Å². The average Bonchev–Trinajstić information content (AvgIpc) is 3.06. The van der Waals surface area contributed by atoms with Crippen LogP contribution in [0.15, 0.2) is 117 Å². The summed E-state index contributed by atoms with van der Waals surface area (Å²) < 4.78 is 73.2. The third-order valence-corrected chi connectivity index (χ3v) is 9.11. The van der Waals surface area contributed by atoms with E-state index in [2.05, 4.69) is 21.1 Å². The molecule has 4 aromatic rings. The number of ketones is 2. The smallest absolute Gasteiger partial charge is 0.206 e. The Hall–Kier alpha value is -5.80. The van der Waals surface area contributed by atoms with Gasteiger partial charge in [-0.3, -0.25) is 20.4 Å². The Kier molecular flexibility index (Phi) is 8.56. The summed E-state index contributed by atoms with van der Waals surface area (Å²) in [6.07, 6.45) is 8.36. The number of carbonyl (C=O) groups excluding carboxylic acids is 2. The minimum Gasteiger partial charge on any atom is -0.744 e. The second-order valence-corrected chi connectivity index (χ2v) is 13.2. The lowest BCUT2D eigenvalue weighted by atomic mass is 9.95. The number of nitrogens with one attached hydrogen (secondary N) is 2. The van der Waals surface area contributed by atoms with Gasteiger partial charge in [-0.15, -0.1) is 0 Å². The van der Waals surface area contributed by atoms with Crippen LogP contribution in [0.1, 0.15) is 33.4 Å². The molecule has 4 aromatic carbocycles. The van der Waals surface area contributed by atoms with Crippen LogP contribution in [0.25, 0.3) is 24.3 Å². The van der Waals surface area contributed by atoms with Gasteiger partial charge in [0.25, 0.3) is 0 Å². The molecule has 0 unspecified atom stereocenters. The minimum atomic E-state index is -5.06. The molecule has 0 saturated carbocycles. The number of hydrogen-bond acceptors (Lipinski definition) is 12. The molecule has 0 bridgehead atoms. The number of nitrogens with zero attached hydrogens (tertiary/aromatic N) is 2. The Morgan fingerprint density at radius 3 is 1.33 bits per heavy atom. The number of benzene rings is 4. The van der Waals surface area contributed by atoms with Gasteiger partial charge in [-0.25, -0.2) is 16.8 Å². The van der Waals surface area contributed by atoms with Crippen molar-refractivity contribution in [1.82, 2.24) is 0 Å². The highest BCUT2D eigenvalue weighted by molar-refractivity contribution is 7.86. The van der Waals surface area contributed by atoms with Crippen LogP contribution in [0.4, 0.5) is 11.4 Å². The maximum Gasteiger partial charge on any atom is 0.206 e. The molecule has 2 aliphatic rings. The second kappa shape index (κ2) is 12.8. The molecule has 0 atom stereocenters. The Labute approximate surface area is 275 Å². The van der Waals surface area contributed by atoms with Gasteiger partial charge in [0.1, 0.15) is 31.7 Å². The van der Waals surface area contributed by atoms with Gasteiger partial charge in [-0.1, -0.05) is 85.0 Å². The highest BCUT2D eigenvalue weighted by Gasteiger charge is 2.20. The van der Waals surface area contributed by atoms with Gasteiger partial charge in [0.2, 0.25) is 11.6 Å². The highest BCUT2D eigenvalue weighted by atomic mass is 32.2. The molecule has 0 aromatic heterocycles. The van der Waals surface area contributed by atoms with Crippen molar-refractivity contribution in [2.75, 3.05) is 10.9 Å². The number of rotatable bonds is 8. The molecular formula is C34H22N4O8S2-2. The number of fused-ring (bicyclic) bond motifs is 2. The molecule has 0 aliphatic heterocycles. The molecule has 6 rings (SSSR count). The third-order valence-electron chi connectivity index (χ3n) is 7.33. The fraction of sp³-hybridized carbons (Fsp3) is 0. The van der Waals surface area contributed by atoms with Crippen LogP contribution in [0.3, 0.4) is 0 Å². The first-order chi connectivity index (χ1) is 22.9. The summed E-state index contributed by atoms with van der Waals surface area (Å²) in [7, 11) is -10.1. The van der Waals surface area contributed by atoms with E-state index >= 15 is 0 Å². The van der Waals surface area contributed by atoms with Crippen molar-refractivity contribution in [3.63, 3.8) is 0 Å². The largest absolute Gasteiger partial charge is 0.744 e. The molecule has 14 heteroatoms. The first-order valence-electron chi connectivity index (χ1n) is 14.1. The Balaban J connectivity index is 1.28. The van der Waals surface area contributed by atoms with Crippen molar-refractivity contribution >= 4 is 78.9 Å². The number of carbonyl (C=O) groups is 2. The molecule has 0 amide bonds. The van der Waals surface area contributed by atoms with Gasteiger partial charge >= 0.3 is 0 Å². The monoisotopic (exact) mass is 678 g/mol. The molecule has 0 saturated heterocycles. The molecule has 0 spiro atoms. The van der Waals surface area contributed by atoms with E-state index in [1.807, 2.05) is 0 Å². The predicted molar refractivity (Wildman–Crippen MR) is 179 cm³/mol. The SMILES string of the molecule is O=C1C=Cc2ccccc2C1=NNc1ccc(C=Cc2ccc(NN=C3C(=O)C=Cc4ccccc43)cc2S(=O)(=O)[O-])c(S(=O)(=O)[O-])c1. The van der Waals surface area contributed by atoms with Crippen molar-refractivity contribution in [3.8, 4) is 0 Å². The van der Waals surface area contributed by atoms with Crippen LogP contribution in [0, 0.1) is 0 Å². The van der Waals surface area contributed by atoms with Gasteiger partial charge in [-0.05, 0) is 58.7 Å². The lowest BCUT2D eigenvalue weighted by Crippen LogP contribution is -2.19. The molecule has 48 heavy (non-hydrogen) atoms. The maximum atomic E-state index is 12.5.